The van der Waals surface area contributed by atoms with Crippen LogP contribution in [0.25, 0.3) is 0 Å². The van der Waals surface area contributed by atoms with Gasteiger partial charge in [0.1, 0.15) is 18.2 Å². The second-order valence-corrected chi connectivity index (χ2v) is 5.01. The molecule has 0 heterocycles. The van der Waals surface area contributed by atoms with Crippen LogP contribution in [-0.2, 0) is 6.61 Å². The molecule has 116 valence electrons. The van der Waals surface area contributed by atoms with Gasteiger partial charge in [-0.25, -0.2) is 4.39 Å². The molecule has 1 unspecified atom stereocenters. The van der Waals surface area contributed by atoms with Gasteiger partial charge in [0, 0.05) is 18.2 Å². The Morgan fingerprint density at radius 2 is 2.05 bits per heavy atom. The lowest BCUT2D eigenvalue weighted by Crippen LogP contribution is -2.30. The lowest BCUT2D eigenvalue weighted by molar-refractivity contribution is 0.0924. The van der Waals surface area contributed by atoms with Crippen LogP contribution in [0.2, 0.25) is 0 Å². The predicted octanol–water partition coefficient (Wildman–Crippen LogP) is 2.52. The number of rotatable bonds is 6. The van der Waals surface area contributed by atoms with Crippen molar-refractivity contribution in [2.24, 2.45) is 0 Å². The van der Waals surface area contributed by atoms with Gasteiger partial charge in [-0.1, -0.05) is 18.2 Å². The van der Waals surface area contributed by atoms with Crippen molar-refractivity contribution < 1.29 is 19.0 Å². The smallest absolute Gasteiger partial charge is 0.251 e. The first kappa shape index (κ1) is 16.0. The van der Waals surface area contributed by atoms with Gasteiger partial charge in [0.15, 0.2) is 0 Å². The summed E-state index contributed by atoms with van der Waals surface area (Å²) in [6.07, 6.45) is -0.594. The van der Waals surface area contributed by atoms with Crippen molar-refractivity contribution in [2.75, 3.05) is 6.54 Å². The fourth-order valence-electron chi connectivity index (χ4n) is 1.87. The number of aliphatic hydroxyl groups is 1. The lowest BCUT2D eigenvalue weighted by atomic mass is 10.1. The van der Waals surface area contributed by atoms with Crippen LogP contribution in [0, 0.1) is 5.82 Å². The highest BCUT2D eigenvalue weighted by Crippen LogP contribution is 2.14. The molecular weight excluding hydrogens is 285 g/mol. The van der Waals surface area contributed by atoms with E-state index in [0.717, 1.165) is 5.56 Å². The molecule has 0 radical (unpaired) electrons. The Morgan fingerprint density at radius 3 is 2.77 bits per heavy atom. The molecule has 1 atom stereocenters. The average molecular weight is 303 g/mol. The monoisotopic (exact) mass is 303 g/mol. The lowest BCUT2D eigenvalue weighted by Gasteiger charge is -2.09. The molecule has 0 fully saturated rings. The van der Waals surface area contributed by atoms with Gasteiger partial charge < -0.3 is 15.2 Å². The number of ether oxygens (including phenoxy) is 1. The highest BCUT2D eigenvalue weighted by Gasteiger charge is 2.07. The van der Waals surface area contributed by atoms with E-state index in [0.29, 0.717) is 11.3 Å². The third kappa shape index (κ3) is 4.86. The number of nitrogens with one attached hydrogen (secondary N) is 1. The Labute approximate surface area is 128 Å². The first-order valence-corrected chi connectivity index (χ1v) is 6.98. The molecular formula is C17H18FNO3. The van der Waals surface area contributed by atoms with Crippen molar-refractivity contribution in [2.45, 2.75) is 19.6 Å². The van der Waals surface area contributed by atoms with Crippen molar-refractivity contribution in [1.29, 1.82) is 0 Å². The van der Waals surface area contributed by atoms with Crippen LogP contribution in [0.1, 0.15) is 22.8 Å². The summed E-state index contributed by atoms with van der Waals surface area (Å²) in [4.78, 5) is 11.9. The summed E-state index contributed by atoms with van der Waals surface area (Å²) in [5.74, 6) is -0.179. The van der Waals surface area contributed by atoms with Crippen molar-refractivity contribution >= 4 is 5.91 Å². The van der Waals surface area contributed by atoms with Crippen LogP contribution in [0.15, 0.2) is 48.5 Å². The van der Waals surface area contributed by atoms with E-state index in [1.54, 1.807) is 37.3 Å². The summed E-state index contributed by atoms with van der Waals surface area (Å²) < 4.78 is 18.6. The molecule has 0 saturated heterocycles. The van der Waals surface area contributed by atoms with Gasteiger partial charge in [-0.2, -0.15) is 0 Å². The molecule has 0 aliphatic carbocycles. The second-order valence-electron chi connectivity index (χ2n) is 5.01. The van der Waals surface area contributed by atoms with Crippen LogP contribution in [0.3, 0.4) is 0 Å². The van der Waals surface area contributed by atoms with E-state index >= 15 is 0 Å². The van der Waals surface area contributed by atoms with E-state index in [2.05, 4.69) is 5.32 Å². The highest BCUT2D eigenvalue weighted by molar-refractivity contribution is 5.94. The number of carbonyl (C=O) groups is 1. The molecule has 2 aromatic carbocycles. The second kappa shape index (κ2) is 7.56. The zero-order valence-electron chi connectivity index (χ0n) is 12.3. The zero-order valence-corrected chi connectivity index (χ0v) is 12.3. The number of carbonyl (C=O) groups excluding carboxylic acids is 1. The predicted molar refractivity (Wildman–Crippen MR) is 81.2 cm³/mol. The third-order valence-corrected chi connectivity index (χ3v) is 2.95. The maximum absolute atomic E-state index is 13.1. The minimum absolute atomic E-state index is 0.197. The molecule has 2 rings (SSSR count). The summed E-state index contributed by atoms with van der Waals surface area (Å²) in [7, 11) is 0. The summed E-state index contributed by atoms with van der Waals surface area (Å²) in [6.45, 7) is 2.04. The number of halogens is 1. The Bertz CT molecular complexity index is 643. The summed E-state index contributed by atoms with van der Waals surface area (Å²) >= 11 is 0. The van der Waals surface area contributed by atoms with Gasteiger partial charge in [0.2, 0.25) is 0 Å². The molecule has 0 aliphatic heterocycles. The summed E-state index contributed by atoms with van der Waals surface area (Å²) in [5, 5.41) is 11.8. The number of benzene rings is 2. The summed E-state index contributed by atoms with van der Waals surface area (Å²) in [5.41, 5.74) is 1.29. The Balaban J connectivity index is 1.97. The number of aliphatic hydroxyl groups excluding tert-OH is 1. The van der Waals surface area contributed by atoms with E-state index in [1.165, 1.54) is 12.1 Å². The molecule has 2 N–H and O–H groups in total. The molecule has 5 heteroatoms. The van der Waals surface area contributed by atoms with E-state index in [4.69, 9.17) is 4.74 Å². The largest absolute Gasteiger partial charge is 0.489 e. The summed E-state index contributed by atoms with van der Waals surface area (Å²) in [6, 6.07) is 12.9. The van der Waals surface area contributed by atoms with Gasteiger partial charge in [-0.15, -0.1) is 0 Å². The van der Waals surface area contributed by atoms with Gasteiger partial charge in [0.25, 0.3) is 5.91 Å². The molecule has 0 spiro atoms. The first-order valence-electron chi connectivity index (χ1n) is 6.98. The first-order chi connectivity index (χ1) is 10.5. The van der Waals surface area contributed by atoms with Crippen LogP contribution in [0.4, 0.5) is 4.39 Å². The number of hydrogen-bond donors (Lipinski definition) is 2. The highest BCUT2D eigenvalue weighted by atomic mass is 19.1. The Hall–Kier alpha value is -2.40. The molecule has 1 amide bonds. The fourth-order valence-corrected chi connectivity index (χ4v) is 1.87. The molecule has 0 aliphatic rings. The van der Waals surface area contributed by atoms with Crippen LogP contribution in [0.5, 0.6) is 5.75 Å². The van der Waals surface area contributed by atoms with Gasteiger partial charge >= 0.3 is 0 Å². The van der Waals surface area contributed by atoms with Crippen LogP contribution < -0.4 is 10.1 Å². The van der Waals surface area contributed by atoms with Gasteiger partial charge in [-0.3, -0.25) is 4.79 Å². The van der Waals surface area contributed by atoms with E-state index in [-0.39, 0.29) is 24.9 Å². The van der Waals surface area contributed by atoms with E-state index < -0.39 is 6.10 Å². The minimum Gasteiger partial charge on any atom is -0.489 e. The Kier molecular flexibility index (Phi) is 5.49. The van der Waals surface area contributed by atoms with Crippen molar-refractivity contribution in [3.05, 3.63) is 65.5 Å². The van der Waals surface area contributed by atoms with Crippen LogP contribution in [-0.4, -0.2) is 23.7 Å². The zero-order chi connectivity index (χ0) is 15.9. The Morgan fingerprint density at radius 1 is 1.27 bits per heavy atom. The normalized spacial score (nSPS) is 11.8. The molecule has 2 aromatic rings. The third-order valence-electron chi connectivity index (χ3n) is 2.95. The van der Waals surface area contributed by atoms with E-state index in [1.807, 2.05) is 6.07 Å². The molecule has 0 aromatic heterocycles. The standard InChI is InChI=1S/C17H18FNO3/c1-12(20)10-19-17(21)14-5-2-4-13(8-14)11-22-16-7-3-6-15(18)9-16/h2-9,12,20H,10-11H2,1H3,(H,19,21). The number of amides is 1. The van der Waals surface area contributed by atoms with Gasteiger partial charge in [0.05, 0.1) is 6.10 Å². The fraction of sp³-hybridized carbons (Fsp3) is 0.235. The maximum atomic E-state index is 13.1. The number of hydrogen-bond acceptors (Lipinski definition) is 3. The minimum atomic E-state index is -0.594. The average Bonchev–Trinajstić information content (AvgIpc) is 2.51. The quantitative estimate of drug-likeness (QED) is 0.862. The molecule has 4 nitrogen and oxygen atoms in total. The van der Waals surface area contributed by atoms with Gasteiger partial charge in [-0.05, 0) is 36.8 Å². The molecule has 22 heavy (non-hydrogen) atoms. The van der Waals surface area contributed by atoms with Crippen molar-refractivity contribution in [3.8, 4) is 5.75 Å². The molecule has 0 saturated carbocycles. The SMILES string of the molecule is CC(O)CNC(=O)c1cccc(COc2cccc(F)c2)c1. The molecule has 0 bridgehead atoms. The topological polar surface area (TPSA) is 58.6 Å². The van der Waals surface area contributed by atoms with E-state index in [9.17, 15) is 14.3 Å². The van der Waals surface area contributed by atoms with Crippen molar-refractivity contribution in [1.82, 2.24) is 5.32 Å². The van der Waals surface area contributed by atoms with Crippen LogP contribution >= 0.6 is 0 Å². The maximum Gasteiger partial charge on any atom is 0.251 e. The van der Waals surface area contributed by atoms with Crippen molar-refractivity contribution in [3.63, 3.8) is 0 Å².